The van der Waals surface area contributed by atoms with Crippen LogP contribution in [0.25, 0.3) is 0 Å². The van der Waals surface area contributed by atoms with Gasteiger partial charge in [0.25, 0.3) is 5.91 Å². The summed E-state index contributed by atoms with van der Waals surface area (Å²) in [5.74, 6) is -0.104. The number of amides is 2. The monoisotopic (exact) mass is 366 g/mol. The van der Waals surface area contributed by atoms with E-state index in [0.717, 1.165) is 17.8 Å². The lowest BCUT2D eigenvalue weighted by Gasteiger charge is -2.32. The van der Waals surface area contributed by atoms with Crippen LogP contribution < -0.4 is 5.32 Å². The van der Waals surface area contributed by atoms with Crippen LogP contribution in [0.5, 0.6) is 0 Å². The first-order chi connectivity index (χ1) is 12.9. The molecule has 1 aliphatic heterocycles. The minimum atomic E-state index is -0.104. The van der Waals surface area contributed by atoms with Crippen molar-refractivity contribution in [1.29, 1.82) is 0 Å². The van der Waals surface area contributed by atoms with Crippen LogP contribution in [0.4, 0.5) is 11.4 Å². The fourth-order valence-electron chi connectivity index (χ4n) is 3.04. The fraction of sp³-hybridized carbons (Fsp3) is 0.381. The van der Waals surface area contributed by atoms with Crippen LogP contribution in [0.3, 0.4) is 0 Å². The molecule has 2 heterocycles. The van der Waals surface area contributed by atoms with Crippen LogP contribution in [0.15, 0.2) is 42.6 Å². The van der Waals surface area contributed by atoms with E-state index in [-0.39, 0.29) is 11.3 Å². The summed E-state index contributed by atoms with van der Waals surface area (Å²) in [5.41, 5.74) is 3.58. The van der Waals surface area contributed by atoms with Crippen molar-refractivity contribution in [3.8, 4) is 0 Å². The molecule has 2 aromatic rings. The number of hydrogen-bond donors (Lipinski definition) is 1. The van der Waals surface area contributed by atoms with Gasteiger partial charge in [-0.25, -0.2) is 0 Å². The number of rotatable bonds is 4. The smallest absolute Gasteiger partial charge is 0.272 e. The van der Waals surface area contributed by atoms with Gasteiger partial charge in [-0.3, -0.25) is 14.6 Å². The van der Waals surface area contributed by atoms with Crippen LogP contribution in [-0.4, -0.2) is 53.3 Å². The van der Waals surface area contributed by atoms with Crippen molar-refractivity contribution >= 4 is 23.7 Å². The number of piperazine rings is 1. The lowest BCUT2D eigenvalue weighted by atomic mass is 9.87. The van der Waals surface area contributed by atoms with Gasteiger partial charge in [0, 0.05) is 43.8 Å². The van der Waals surface area contributed by atoms with Gasteiger partial charge >= 0.3 is 0 Å². The first-order valence-electron chi connectivity index (χ1n) is 9.19. The first kappa shape index (κ1) is 18.9. The molecule has 0 bridgehead atoms. The average molecular weight is 366 g/mol. The molecule has 27 heavy (non-hydrogen) atoms. The number of carbonyl (C=O) groups is 2. The Hall–Kier alpha value is -2.89. The average Bonchev–Trinajstić information content (AvgIpc) is 2.67. The van der Waals surface area contributed by atoms with Crippen molar-refractivity contribution in [1.82, 2.24) is 14.8 Å². The number of nitrogens with zero attached hydrogens (tertiary/aromatic N) is 3. The Bertz CT molecular complexity index is 804. The summed E-state index contributed by atoms with van der Waals surface area (Å²) in [4.78, 5) is 31.1. The second-order valence-corrected chi connectivity index (χ2v) is 7.82. The van der Waals surface area contributed by atoms with E-state index in [4.69, 9.17) is 0 Å². The quantitative estimate of drug-likeness (QED) is 0.845. The molecule has 6 heteroatoms. The fourth-order valence-corrected chi connectivity index (χ4v) is 3.04. The molecule has 1 aromatic carbocycles. The molecule has 0 atom stereocenters. The van der Waals surface area contributed by atoms with E-state index >= 15 is 0 Å². The summed E-state index contributed by atoms with van der Waals surface area (Å²) in [6.07, 6.45) is 2.47. The Kier molecular flexibility index (Phi) is 5.44. The zero-order valence-corrected chi connectivity index (χ0v) is 16.1. The van der Waals surface area contributed by atoms with Crippen molar-refractivity contribution in [3.05, 3.63) is 53.9 Å². The van der Waals surface area contributed by atoms with E-state index in [1.807, 2.05) is 18.2 Å². The van der Waals surface area contributed by atoms with E-state index < -0.39 is 0 Å². The highest BCUT2D eigenvalue weighted by atomic mass is 16.2. The van der Waals surface area contributed by atoms with Gasteiger partial charge in [0.2, 0.25) is 6.41 Å². The molecule has 0 spiro atoms. The number of benzene rings is 1. The summed E-state index contributed by atoms with van der Waals surface area (Å²) in [6, 6.07) is 11.9. The maximum absolute atomic E-state index is 12.7. The number of carbonyl (C=O) groups excluding carboxylic acids is 2. The molecule has 0 radical (unpaired) electrons. The summed E-state index contributed by atoms with van der Waals surface area (Å²) >= 11 is 0. The largest absolute Gasteiger partial charge is 0.355 e. The van der Waals surface area contributed by atoms with Crippen molar-refractivity contribution < 1.29 is 9.59 Å². The Labute approximate surface area is 160 Å². The highest BCUT2D eigenvalue weighted by molar-refractivity contribution is 5.93. The molecule has 0 saturated carbocycles. The summed E-state index contributed by atoms with van der Waals surface area (Å²) in [5, 5.41) is 3.33. The highest BCUT2D eigenvalue weighted by Crippen LogP contribution is 2.25. The Balaban J connectivity index is 1.68. The van der Waals surface area contributed by atoms with Gasteiger partial charge in [-0.05, 0) is 35.2 Å². The standard InChI is InChI=1S/C21H26N4O2/c1-21(2,3)16-4-6-17(7-5-16)23-18-8-9-22-19(14-18)20(27)25-12-10-24(15-26)11-13-25/h4-9,14-15H,10-13H2,1-3H3,(H,22,23). The predicted octanol–water partition coefficient (Wildman–Crippen LogP) is 3.04. The summed E-state index contributed by atoms with van der Waals surface area (Å²) in [7, 11) is 0. The Morgan fingerprint density at radius 2 is 1.70 bits per heavy atom. The molecule has 2 amide bonds. The third-order valence-corrected chi connectivity index (χ3v) is 4.77. The SMILES string of the molecule is CC(C)(C)c1ccc(Nc2ccnc(C(=O)N3CCN(C=O)CC3)c2)cc1. The molecule has 1 aliphatic rings. The third kappa shape index (κ3) is 4.64. The summed E-state index contributed by atoms with van der Waals surface area (Å²) in [6.45, 7) is 8.75. The molecule has 0 aliphatic carbocycles. The molecule has 1 fully saturated rings. The third-order valence-electron chi connectivity index (χ3n) is 4.77. The zero-order valence-electron chi connectivity index (χ0n) is 16.1. The van der Waals surface area contributed by atoms with Crippen LogP contribution >= 0.6 is 0 Å². The molecule has 0 unspecified atom stereocenters. The van der Waals surface area contributed by atoms with E-state index in [2.05, 4.69) is 43.2 Å². The molecule has 1 saturated heterocycles. The lowest BCUT2D eigenvalue weighted by molar-refractivity contribution is -0.119. The van der Waals surface area contributed by atoms with Crippen molar-refractivity contribution in [2.45, 2.75) is 26.2 Å². The van der Waals surface area contributed by atoms with E-state index in [0.29, 0.717) is 31.9 Å². The maximum atomic E-state index is 12.7. The van der Waals surface area contributed by atoms with Gasteiger partial charge in [-0.2, -0.15) is 0 Å². The van der Waals surface area contributed by atoms with Crippen LogP contribution in [-0.2, 0) is 10.2 Å². The molecule has 6 nitrogen and oxygen atoms in total. The highest BCUT2D eigenvalue weighted by Gasteiger charge is 2.22. The minimum Gasteiger partial charge on any atom is -0.355 e. The maximum Gasteiger partial charge on any atom is 0.272 e. The molecular weight excluding hydrogens is 340 g/mol. The van der Waals surface area contributed by atoms with Gasteiger partial charge in [0.05, 0.1) is 0 Å². The topological polar surface area (TPSA) is 65.5 Å². The van der Waals surface area contributed by atoms with Crippen LogP contribution in [0.2, 0.25) is 0 Å². The van der Waals surface area contributed by atoms with Crippen molar-refractivity contribution in [2.75, 3.05) is 31.5 Å². The molecule has 142 valence electrons. The lowest BCUT2D eigenvalue weighted by Crippen LogP contribution is -2.48. The molecule has 3 rings (SSSR count). The van der Waals surface area contributed by atoms with E-state index in [1.165, 1.54) is 5.56 Å². The van der Waals surface area contributed by atoms with E-state index in [1.54, 1.807) is 22.1 Å². The van der Waals surface area contributed by atoms with Gasteiger partial charge in [-0.1, -0.05) is 32.9 Å². The van der Waals surface area contributed by atoms with Gasteiger partial charge < -0.3 is 15.1 Å². The van der Waals surface area contributed by atoms with Gasteiger partial charge in [0.15, 0.2) is 0 Å². The summed E-state index contributed by atoms with van der Waals surface area (Å²) < 4.78 is 0. The molecular formula is C21H26N4O2. The van der Waals surface area contributed by atoms with E-state index in [9.17, 15) is 9.59 Å². The second-order valence-electron chi connectivity index (χ2n) is 7.82. The Morgan fingerprint density at radius 1 is 1.04 bits per heavy atom. The molecule has 1 aromatic heterocycles. The Morgan fingerprint density at radius 3 is 2.30 bits per heavy atom. The van der Waals surface area contributed by atoms with Crippen LogP contribution in [0, 0.1) is 0 Å². The normalized spacial score (nSPS) is 14.8. The molecule has 1 N–H and O–H groups in total. The van der Waals surface area contributed by atoms with Crippen LogP contribution in [0.1, 0.15) is 36.8 Å². The predicted molar refractivity (Wildman–Crippen MR) is 106 cm³/mol. The zero-order chi connectivity index (χ0) is 19.4. The first-order valence-corrected chi connectivity index (χ1v) is 9.19. The number of pyridine rings is 1. The van der Waals surface area contributed by atoms with Crippen molar-refractivity contribution in [3.63, 3.8) is 0 Å². The van der Waals surface area contributed by atoms with Crippen molar-refractivity contribution in [2.24, 2.45) is 0 Å². The van der Waals surface area contributed by atoms with Gasteiger partial charge in [0.1, 0.15) is 5.69 Å². The number of anilines is 2. The number of nitrogens with one attached hydrogen (secondary N) is 1. The second kappa shape index (κ2) is 7.78. The van der Waals surface area contributed by atoms with Gasteiger partial charge in [-0.15, -0.1) is 0 Å². The minimum absolute atomic E-state index is 0.104. The number of hydrogen-bond acceptors (Lipinski definition) is 4. The number of aromatic nitrogens is 1.